The van der Waals surface area contributed by atoms with Crippen LogP contribution in [-0.2, 0) is 0 Å². The zero-order valence-corrected chi connectivity index (χ0v) is 9.91. The third kappa shape index (κ3) is 1.99. The van der Waals surface area contributed by atoms with E-state index in [1.54, 1.807) is 12.1 Å². The van der Waals surface area contributed by atoms with E-state index in [1.165, 1.54) is 6.07 Å². The Bertz CT molecular complexity index is 376. The maximum absolute atomic E-state index is 13.8. The van der Waals surface area contributed by atoms with Crippen LogP contribution in [0.4, 0.5) is 15.8 Å². The molecule has 88 valence electrons. The van der Waals surface area contributed by atoms with Gasteiger partial charge in [0.25, 0.3) is 0 Å². The lowest BCUT2D eigenvalue weighted by Gasteiger charge is -2.30. The number of nitrogens with zero attached hydrogens (tertiary/aromatic N) is 1. The molecule has 1 aliphatic rings. The highest BCUT2D eigenvalue weighted by molar-refractivity contribution is 5.55. The fraction of sp³-hybridized carbons (Fsp3) is 0.538. The van der Waals surface area contributed by atoms with E-state index < -0.39 is 0 Å². The Morgan fingerprint density at radius 3 is 2.81 bits per heavy atom. The molecule has 1 aromatic rings. The molecule has 1 fully saturated rings. The molecule has 0 amide bonds. The Kier molecular flexibility index (Phi) is 3.03. The van der Waals surface area contributed by atoms with Crippen molar-refractivity contribution >= 4 is 11.4 Å². The van der Waals surface area contributed by atoms with E-state index in [2.05, 4.69) is 18.7 Å². The summed E-state index contributed by atoms with van der Waals surface area (Å²) in [5, 5.41) is 0. The normalized spacial score (nSPS) is 20.8. The Morgan fingerprint density at radius 2 is 2.19 bits per heavy atom. The van der Waals surface area contributed by atoms with Crippen molar-refractivity contribution in [3.05, 3.63) is 24.0 Å². The molecule has 1 atom stereocenters. The first-order chi connectivity index (χ1) is 7.59. The molecule has 1 saturated heterocycles. The zero-order chi connectivity index (χ0) is 11.7. The van der Waals surface area contributed by atoms with Crippen molar-refractivity contribution in [2.24, 2.45) is 5.92 Å². The SMILES string of the molecule is CC(C)[C@@H]1CCCN1c1ccc(N)cc1F. The number of benzene rings is 1. The smallest absolute Gasteiger partial charge is 0.148 e. The lowest BCUT2D eigenvalue weighted by Crippen LogP contribution is -2.33. The van der Waals surface area contributed by atoms with Gasteiger partial charge in [0.1, 0.15) is 5.82 Å². The summed E-state index contributed by atoms with van der Waals surface area (Å²) in [6.07, 6.45) is 2.30. The van der Waals surface area contributed by atoms with Gasteiger partial charge in [0.15, 0.2) is 0 Å². The van der Waals surface area contributed by atoms with Crippen LogP contribution in [0.5, 0.6) is 0 Å². The van der Waals surface area contributed by atoms with E-state index in [1.807, 2.05) is 0 Å². The summed E-state index contributed by atoms with van der Waals surface area (Å²) in [5.74, 6) is 0.354. The largest absolute Gasteiger partial charge is 0.399 e. The molecule has 0 unspecified atom stereocenters. The minimum Gasteiger partial charge on any atom is -0.399 e. The monoisotopic (exact) mass is 222 g/mol. The van der Waals surface area contributed by atoms with Gasteiger partial charge in [-0.05, 0) is 37.0 Å². The highest BCUT2D eigenvalue weighted by Gasteiger charge is 2.28. The standard InChI is InChI=1S/C13H19FN2/c1-9(2)12-4-3-7-16(12)13-6-5-10(15)8-11(13)14/h5-6,8-9,12H,3-4,7,15H2,1-2H3/t12-/m0/s1. The second-order valence-corrected chi connectivity index (χ2v) is 4.86. The third-order valence-corrected chi connectivity index (χ3v) is 3.35. The van der Waals surface area contributed by atoms with Crippen molar-refractivity contribution < 1.29 is 4.39 Å². The molecule has 0 aliphatic carbocycles. The van der Waals surface area contributed by atoms with Crippen LogP contribution < -0.4 is 10.6 Å². The highest BCUT2D eigenvalue weighted by Crippen LogP contribution is 2.32. The van der Waals surface area contributed by atoms with Gasteiger partial charge in [-0.25, -0.2) is 4.39 Å². The molecule has 0 radical (unpaired) electrons. The topological polar surface area (TPSA) is 29.3 Å². The van der Waals surface area contributed by atoms with Crippen LogP contribution in [0.1, 0.15) is 26.7 Å². The summed E-state index contributed by atoms with van der Waals surface area (Å²) >= 11 is 0. The summed E-state index contributed by atoms with van der Waals surface area (Å²) in [4.78, 5) is 2.18. The molecule has 0 aromatic heterocycles. The molecule has 0 spiro atoms. The first-order valence-corrected chi connectivity index (χ1v) is 5.91. The quantitative estimate of drug-likeness (QED) is 0.779. The molecule has 1 heterocycles. The van der Waals surface area contributed by atoms with Crippen molar-refractivity contribution in [2.45, 2.75) is 32.7 Å². The van der Waals surface area contributed by atoms with Gasteiger partial charge in [-0.15, -0.1) is 0 Å². The van der Waals surface area contributed by atoms with Crippen molar-refractivity contribution in [1.29, 1.82) is 0 Å². The number of halogens is 1. The van der Waals surface area contributed by atoms with Crippen molar-refractivity contribution in [1.82, 2.24) is 0 Å². The average molecular weight is 222 g/mol. The molecule has 2 nitrogen and oxygen atoms in total. The van der Waals surface area contributed by atoms with E-state index in [-0.39, 0.29) is 5.82 Å². The first kappa shape index (κ1) is 11.2. The van der Waals surface area contributed by atoms with Crippen LogP contribution in [0.15, 0.2) is 18.2 Å². The molecule has 3 heteroatoms. The first-order valence-electron chi connectivity index (χ1n) is 5.91. The van der Waals surface area contributed by atoms with Crippen molar-refractivity contribution in [2.75, 3.05) is 17.2 Å². The molecule has 2 rings (SSSR count). The molecular formula is C13H19FN2. The minimum absolute atomic E-state index is 0.201. The van der Waals surface area contributed by atoms with Gasteiger partial charge in [0.2, 0.25) is 0 Å². The number of rotatable bonds is 2. The van der Waals surface area contributed by atoms with Gasteiger partial charge < -0.3 is 10.6 Å². The van der Waals surface area contributed by atoms with Crippen LogP contribution in [0.3, 0.4) is 0 Å². The Balaban J connectivity index is 2.29. The van der Waals surface area contributed by atoms with E-state index in [9.17, 15) is 4.39 Å². The maximum atomic E-state index is 13.8. The zero-order valence-electron chi connectivity index (χ0n) is 9.91. The minimum atomic E-state index is -0.201. The van der Waals surface area contributed by atoms with Gasteiger partial charge in [0, 0.05) is 18.3 Å². The predicted molar refractivity (Wildman–Crippen MR) is 66.0 cm³/mol. The van der Waals surface area contributed by atoms with Crippen molar-refractivity contribution in [3.63, 3.8) is 0 Å². The second kappa shape index (κ2) is 4.32. The lowest BCUT2D eigenvalue weighted by atomic mass is 10.0. The number of nitrogen functional groups attached to an aromatic ring is 1. The number of hydrogen-bond donors (Lipinski definition) is 1. The molecule has 1 aliphatic heterocycles. The Labute approximate surface area is 96.2 Å². The summed E-state index contributed by atoms with van der Waals surface area (Å²) in [7, 11) is 0. The second-order valence-electron chi connectivity index (χ2n) is 4.86. The fourth-order valence-corrected chi connectivity index (χ4v) is 2.54. The van der Waals surface area contributed by atoms with Crippen LogP contribution >= 0.6 is 0 Å². The van der Waals surface area contributed by atoms with Gasteiger partial charge in [0.05, 0.1) is 5.69 Å². The molecule has 0 saturated carbocycles. The highest BCUT2D eigenvalue weighted by atomic mass is 19.1. The van der Waals surface area contributed by atoms with Crippen LogP contribution in [0.2, 0.25) is 0 Å². The van der Waals surface area contributed by atoms with Gasteiger partial charge >= 0.3 is 0 Å². The summed E-state index contributed by atoms with van der Waals surface area (Å²) < 4.78 is 13.8. The average Bonchev–Trinajstić information content (AvgIpc) is 2.66. The lowest BCUT2D eigenvalue weighted by molar-refractivity contribution is 0.486. The fourth-order valence-electron chi connectivity index (χ4n) is 2.54. The summed E-state index contributed by atoms with van der Waals surface area (Å²) in [6, 6.07) is 5.43. The number of anilines is 2. The maximum Gasteiger partial charge on any atom is 0.148 e. The summed E-state index contributed by atoms with van der Waals surface area (Å²) in [5.41, 5.74) is 6.75. The Hall–Kier alpha value is -1.25. The predicted octanol–water partition coefficient (Wildman–Crippen LogP) is 3.03. The van der Waals surface area contributed by atoms with E-state index in [0.717, 1.165) is 19.4 Å². The summed E-state index contributed by atoms with van der Waals surface area (Å²) in [6.45, 7) is 5.33. The third-order valence-electron chi connectivity index (χ3n) is 3.35. The molecule has 2 N–H and O–H groups in total. The van der Waals surface area contributed by atoms with Crippen molar-refractivity contribution in [3.8, 4) is 0 Å². The van der Waals surface area contributed by atoms with E-state index >= 15 is 0 Å². The van der Waals surface area contributed by atoms with Gasteiger partial charge in [-0.3, -0.25) is 0 Å². The molecular weight excluding hydrogens is 203 g/mol. The molecule has 1 aromatic carbocycles. The van der Waals surface area contributed by atoms with Crippen LogP contribution in [0.25, 0.3) is 0 Å². The van der Waals surface area contributed by atoms with Crippen LogP contribution in [0, 0.1) is 11.7 Å². The van der Waals surface area contributed by atoms with Gasteiger partial charge in [-0.1, -0.05) is 13.8 Å². The Morgan fingerprint density at radius 1 is 1.44 bits per heavy atom. The van der Waals surface area contributed by atoms with Crippen LogP contribution in [-0.4, -0.2) is 12.6 Å². The molecule has 16 heavy (non-hydrogen) atoms. The van der Waals surface area contributed by atoms with E-state index in [4.69, 9.17) is 5.73 Å². The molecule has 0 bridgehead atoms. The number of hydrogen-bond acceptors (Lipinski definition) is 2. The van der Waals surface area contributed by atoms with E-state index in [0.29, 0.717) is 23.3 Å². The van der Waals surface area contributed by atoms with Gasteiger partial charge in [-0.2, -0.15) is 0 Å². The number of nitrogens with two attached hydrogens (primary N) is 1.